The molecule has 5 nitrogen and oxygen atoms in total. The molecule has 98 valence electrons. The molecule has 2 saturated heterocycles. The van der Waals surface area contributed by atoms with Crippen molar-refractivity contribution in [2.24, 2.45) is 5.92 Å². The summed E-state index contributed by atoms with van der Waals surface area (Å²) in [5.41, 5.74) is 0. The second kappa shape index (κ2) is 6.93. The molecule has 0 aromatic heterocycles. The summed E-state index contributed by atoms with van der Waals surface area (Å²) in [6.45, 7) is 5.00. The molecule has 2 fully saturated rings. The van der Waals surface area contributed by atoms with Crippen LogP contribution < -0.4 is 16.0 Å². The molecule has 2 unspecified atom stereocenters. The minimum atomic E-state index is -0.159. The standard InChI is InChI=1S/C12H23N3O2/c16-12(11-9-17-7-6-14-11)15-5-3-10-2-1-4-13-8-10/h10-11,13-14H,1-9H2,(H,15,16). The van der Waals surface area contributed by atoms with Crippen molar-refractivity contribution < 1.29 is 9.53 Å². The van der Waals surface area contributed by atoms with Crippen LogP contribution in [-0.2, 0) is 9.53 Å². The quantitative estimate of drug-likeness (QED) is 0.620. The first-order valence-electron chi connectivity index (χ1n) is 6.66. The molecule has 0 aliphatic carbocycles. The van der Waals surface area contributed by atoms with Crippen LogP contribution in [0.5, 0.6) is 0 Å². The summed E-state index contributed by atoms with van der Waals surface area (Å²) in [6.07, 6.45) is 3.62. The van der Waals surface area contributed by atoms with Gasteiger partial charge in [-0.3, -0.25) is 4.79 Å². The molecule has 2 aliphatic heterocycles. The first-order chi connectivity index (χ1) is 8.36. The van der Waals surface area contributed by atoms with E-state index in [9.17, 15) is 4.79 Å². The molecule has 0 spiro atoms. The Labute approximate surface area is 103 Å². The van der Waals surface area contributed by atoms with Gasteiger partial charge in [0.25, 0.3) is 0 Å². The number of piperidine rings is 1. The van der Waals surface area contributed by atoms with Gasteiger partial charge in [0.15, 0.2) is 0 Å². The van der Waals surface area contributed by atoms with Gasteiger partial charge in [-0.2, -0.15) is 0 Å². The van der Waals surface area contributed by atoms with Gasteiger partial charge in [-0.15, -0.1) is 0 Å². The molecule has 2 aliphatic rings. The zero-order valence-electron chi connectivity index (χ0n) is 10.3. The van der Waals surface area contributed by atoms with Crippen LogP contribution >= 0.6 is 0 Å². The second-order valence-corrected chi connectivity index (χ2v) is 4.87. The highest BCUT2D eigenvalue weighted by Crippen LogP contribution is 2.12. The summed E-state index contributed by atoms with van der Waals surface area (Å²) in [6, 6.07) is -0.159. The Morgan fingerprint density at radius 1 is 1.41 bits per heavy atom. The number of carbonyl (C=O) groups excluding carboxylic acids is 1. The lowest BCUT2D eigenvalue weighted by molar-refractivity contribution is -0.125. The number of hydrogen-bond donors (Lipinski definition) is 3. The van der Waals surface area contributed by atoms with Gasteiger partial charge in [0.1, 0.15) is 6.04 Å². The van der Waals surface area contributed by atoms with Crippen molar-refractivity contribution in [3.8, 4) is 0 Å². The molecular formula is C12H23N3O2. The molecule has 17 heavy (non-hydrogen) atoms. The summed E-state index contributed by atoms with van der Waals surface area (Å²) in [7, 11) is 0. The molecule has 3 N–H and O–H groups in total. The lowest BCUT2D eigenvalue weighted by Gasteiger charge is -2.25. The van der Waals surface area contributed by atoms with E-state index in [0.29, 0.717) is 13.2 Å². The van der Waals surface area contributed by atoms with Crippen LogP contribution in [0, 0.1) is 5.92 Å². The van der Waals surface area contributed by atoms with E-state index in [2.05, 4.69) is 16.0 Å². The van der Waals surface area contributed by atoms with E-state index in [1.54, 1.807) is 0 Å². The maximum Gasteiger partial charge on any atom is 0.239 e. The van der Waals surface area contributed by atoms with Crippen LogP contribution in [0.4, 0.5) is 0 Å². The van der Waals surface area contributed by atoms with Crippen molar-refractivity contribution in [3.63, 3.8) is 0 Å². The molecular weight excluding hydrogens is 218 g/mol. The monoisotopic (exact) mass is 241 g/mol. The maximum absolute atomic E-state index is 11.8. The van der Waals surface area contributed by atoms with E-state index < -0.39 is 0 Å². The number of carbonyl (C=O) groups is 1. The number of morpholine rings is 1. The lowest BCUT2D eigenvalue weighted by Crippen LogP contribution is -2.51. The van der Waals surface area contributed by atoms with Gasteiger partial charge in [-0.1, -0.05) is 0 Å². The van der Waals surface area contributed by atoms with Crippen LogP contribution in [0.2, 0.25) is 0 Å². The molecule has 5 heteroatoms. The molecule has 1 amide bonds. The summed E-state index contributed by atoms with van der Waals surface area (Å²) >= 11 is 0. The highest BCUT2D eigenvalue weighted by molar-refractivity contribution is 5.81. The van der Waals surface area contributed by atoms with Gasteiger partial charge in [0.2, 0.25) is 5.91 Å². The van der Waals surface area contributed by atoms with Crippen molar-refractivity contribution in [1.82, 2.24) is 16.0 Å². The topological polar surface area (TPSA) is 62.4 Å². The molecule has 2 atom stereocenters. The smallest absolute Gasteiger partial charge is 0.239 e. The number of hydrogen-bond acceptors (Lipinski definition) is 4. The highest BCUT2D eigenvalue weighted by atomic mass is 16.5. The zero-order valence-corrected chi connectivity index (χ0v) is 10.3. The highest BCUT2D eigenvalue weighted by Gasteiger charge is 2.21. The third-order valence-electron chi connectivity index (χ3n) is 3.49. The maximum atomic E-state index is 11.8. The number of amides is 1. The van der Waals surface area contributed by atoms with Gasteiger partial charge >= 0.3 is 0 Å². The molecule has 0 radical (unpaired) electrons. The van der Waals surface area contributed by atoms with Crippen molar-refractivity contribution in [2.75, 3.05) is 39.4 Å². The Kier molecular flexibility index (Phi) is 5.22. The lowest BCUT2D eigenvalue weighted by atomic mass is 9.96. The molecule has 0 aromatic rings. The predicted molar refractivity (Wildman–Crippen MR) is 65.8 cm³/mol. The van der Waals surface area contributed by atoms with Crippen LogP contribution in [0.15, 0.2) is 0 Å². The third kappa shape index (κ3) is 4.26. The molecule has 0 saturated carbocycles. The largest absolute Gasteiger partial charge is 0.378 e. The van der Waals surface area contributed by atoms with Gasteiger partial charge in [0.05, 0.1) is 13.2 Å². The van der Waals surface area contributed by atoms with Crippen LogP contribution in [-0.4, -0.2) is 51.3 Å². The molecule has 0 aromatic carbocycles. The average Bonchev–Trinajstić information content (AvgIpc) is 2.41. The molecule has 2 rings (SSSR count). The Balaban J connectivity index is 1.58. The van der Waals surface area contributed by atoms with E-state index in [0.717, 1.165) is 38.5 Å². The fraction of sp³-hybridized carbons (Fsp3) is 0.917. The van der Waals surface area contributed by atoms with Crippen molar-refractivity contribution in [2.45, 2.75) is 25.3 Å². The van der Waals surface area contributed by atoms with E-state index in [-0.39, 0.29) is 11.9 Å². The third-order valence-corrected chi connectivity index (χ3v) is 3.49. The molecule has 0 bridgehead atoms. The first-order valence-corrected chi connectivity index (χ1v) is 6.66. The summed E-state index contributed by atoms with van der Waals surface area (Å²) < 4.78 is 5.27. The van der Waals surface area contributed by atoms with Crippen LogP contribution in [0.3, 0.4) is 0 Å². The van der Waals surface area contributed by atoms with Gasteiger partial charge in [-0.05, 0) is 38.3 Å². The fourth-order valence-electron chi connectivity index (χ4n) is 2.43. The van der Waals surface area contributed by atoms with Crippen LogP contribution in [0.1, 0.15) is 19.3 Å². The van der Waals surface area contributed by atoms with Crippen molar-refractivity contribution in [1.29, 1.82) is 0 Å². The van der Waals surface area contributed by atoms with Crippen LogP contribution in [0.25, 0.3) is 0 Å². The number of nitrogens with one attached hydrogen (secondary N) is 3. The summed E-state index contributed by atoms with van der Waals surface area (Å²) in [4.78, 5) is 11.8. The number of rotatable bonds is 4. The fourth-order valence-corrected chi connectivity index (χ4v) is 2.43. The Morgan fingerprint density at radius 3 is 3.06 bits per heavy atom. The second-order valence-electron chi connectivity index (χ2n) is 4.87. The van der Waals surface area contributed by atoms with Gasteiger partial charge in [0, 0.05) is 13.1 Å². The Bertz CT molecular complexity index is 236. The summed E-state index contributed by atoms with van der Waals surface area (Å²) in [5, 5.41) is 9.54. The van der Waals surface area contributed by atoms with E-state index in [1.165, 1.54) is 12.8 Å². The SMILES string of the molecule is O=C(NCCC1CCCNC1)C1COCCN1. The van der Waals surface area contributed by atoms with Gasteiger partial charge < -0.3 is 20.7 Å². The first kappa shape index (κ1) is 12.8. The normalized spacial score (nSPS) is 29.9. The Morgan fingerprint density at radius 2 is 2.35 bits per heavy atom. The van der Waals surface area contributed by atoms with E-state index in [1.807, 2.05) is 0 Å². The Hall–Kier alpha value is -0.650. The zero-order chi connectivity index (χ0) is 11.9. The summed E-state index contributed by atoms with van der Waals surface area (Å²) in [5.74, 6) is 0.799. The number of ether oxygens (including phenoxy) is 1. The minimum Gasteiger partial charge on any atom is -0.378 e. The van der Waals surface area contributed by atoms with Crippen molar-refractivity contribution in [3.05, 3.63) is 0 Å². The minimum absolute atomic E-state index is 0.0773. The van der Waals surface area contributed by atoms with E-state index >= 15 is 0 Å². The molecule has 2 heterocycles. The average molecular weight is 241 g/mol. The van der Waals surface area contributed by atoms with Crippen molar-refractivity contribution >= 4 is 5.91 Å². The predicted octanol–water partition coefficient (Wildman–Crippen LogP) is -0.519. The van der Waals surface area contributed by atoms with E-state index in [4.69, 9.17) is 4.74 Å². The van der Waals surface area contributed by atoms with Gasteiger partial charge in [-0.25, -0.2) is 0 Å².